The molecule has 1 saturated heterocycles. The fourth-order valence-corrected chi connectivity index (χ4v) is 6.65. The number of nitrogens with zero attached hydrogens (tertiary/aromatic N) is 2. The fraction of sp³-hybridized carbons (Fsp3) is 0.192. The summed E-state index contributed by atoms with van der Waals surface area (Å²) in [6, 6.07) is 14.7. The van der Waals surface area contributed by atoms with Gasteiger partial charge in [-0.25, -0.2) is 4.79 Å². The Balaban J connectivity index is 1.78. The van der Waals surface area contributed by atoms with Crippen LogP contribution in [0.4, 0.5) is 0 Å². The van der Waals surface area contributed by atoms with Crippen LogP contribution in [0.5, 0.6) is 0 Å². The van der Waals surface area contributed by atoms with Gasteiger partial charge in [0.25, 0.3) is 11.8 Å². The Kier molecular flexibility index (Phi) is 3.03. The van der Waals surface area contributed by atoms with E-state index in [0.717, 1.165) is 10.9 Å². The Bertz CT molecular complexity index is 1900. The minimum Gasteiger partial charge on any atom is -0.479 e. The molecule has 172 valence electrons. The number of aliphatic carboxylic acids is 1. The van der Waals surface area contributed by atoms with Crippen LogP contribution in [-0.4, -0.2) is 42.7 Å². The van der Waals surface area contributed by atoms with E-state index in [-0.39, 0.29) is 12.0 Å². The van der Waals surface area contributed by atoms with E-state index in [1.165, 1.54) is 0 Å². The van der Waals surface area contributed by atoms with Gasteiger partial charge in [-0.3, -0.25) is 14.9 Å². The third-order valence-corrected chi connectivity index (χ3v) is 8.11. The van der Waals surface area contributed by atoms with Gasteiger partial charge in [-0.2, -0.15) is 0 Å². The van der Waals surface area contributed by atoms with Crippen LogP contribution in [0.2, 0.25) is 0 Å². The third kappa shape index (κ3) is 1.81. The Morgan fingerprint density at radius 1 is 0.971 bits per heavy atom. The summed E-state index contributed by atoms with van der Waals surface area (Å²) < 4.78 is 10.1. The van der Waals surface area contributed by atoms with E-state index in [0.29, 0.717) is 38.3 Å². The molecule has 5 aromatic rings. The van der Waals surface area contributed by atoms with Gasteiger partial charge in [-0.05, 0) is 19.1 Å². The number of ether oxygens (including phenoxy) is 1. The van der Waals surface area contributed by atoms with E-state index in [1.54, 1.807) is 11.5 Å². The molecule has 5 heterocycles. The van der Waals surface area contributed by atoms with Crippen molar-refractivity contribution in [3.8, 4) is 0 Å². The zero-order valence-electron chi connectivity index (χ0n) is 18.3. The average Bonchev–Trinajstić information content (AvgIpc) is 3.49. The van der Waals surface area contributed by atoms with Gasteiger partial charge in [0.2, 0.25) is 5.60 Å². The maximum absolute atomic E-state index is 13.2. The monoisotopic (exact) mass is 467 g/mol. The quantitative estimate of drug-likeness (QED) is 0.326. The SMILES string of the molecule is C[C@]12O[C@@H](C[C@@]1(O)C(=O)O)n1c3ccccc3c3c4c(c5c6ccccc6n2c5c31)C(=O)NC4=O. The predicted molar refractivity (Wildman–Crippen MR) is 125 cm³/mol. The second kappa shape index (κ2) is 5.54. The van der Waals surface area contributed by atoms with E-state index in [2.05, 4.69) is 5.32 Å². The number of carbonyl (C=O) groups excluding carboxylic acids is 2. The number of rotatable bonds is 1. The zero-order valence-corrected chi connectivity index (χ0v) is 18.3. The minimum absolute atomic E-state index is 0.192. The number of imide groups is 1. The molecule has 2 amide bonds. The molecule has 9 nitrogen and oxygen atoms in total. The highest BCUT2D eigenvalue weighted by Crippen LogP contribution is 2.57. The average molecular weight is 467 g/mol. The number of benzene rings is 3. The second-order valence-electron chi connectivity index (χ2n) is 9.65. The maximum atomic E-state index is 13.2. The summed E-state index contributed by atoms with van der Waals surface area (Å²) in [6.45, 7) is 1.58. The van der Waals surface area contributed by atoms with Crippen LogP contribution in [0.15, 0.2) is 48.5 Å². The number of aliphatic hydroxyl groups is 1. The van der Waals surface area contributed by atoms with E-state index < -0.39 is 35.3 Å². The fourth-order valence-electron chi connectivity index (χ4n) is 6.65. The van der Waals surface area contributed by atoms with Crippen LogP contribution >= 0.6 is 0 Å². The first-order valence-electron chi connectivity index (χ1n) is 11.3. The van der Waals surface area contributed by atoms with Crippen LogP contribution < -0.4 is 5.32 Å². The van der Waals surface area contributed by atoms with Crippen LogP contribution in [0, 0.1) is 0 Å². The smallest absolute Gasteiger partial charge is 0.341 e. The lowest BCUT2D eigenvalue weighted by atomic mass is 9.89. The summed E-state index contributed by atoms with van der Waals surface area (Å²) in [7, 11) is 0. The lowest BCUT2D eigenvalue weighted by Crippen LogP contribution is -2.55. The molecule has 3 N–H and O–H groups in total. The number of hydrogen-bond donors (Lipinski definition) is 3. The van der Waals surface area contributed by atoms with Gasteiger partial charge in [-0.15, -0.1) is 0 Å². The Morgan fingerprint density at radius 3 is 2.20 bits per heavy atom. The van der Waals surface area contributed by atoms with Gasteiger partial charge in [0.15, 0.2) is 5.72 Å². The lowest BCUT2D eigenvalue weighted by Gasteiger charge is -2.36. The largest absolute Gasteiger partial charge is 0.479 e. The molecule has 0 spiro atoms. The van der Waals surface area contributed by atoms with E-state index in [1.807, 2.05) is 53.1 Å². The number of carboxylic acid groups (broad SMARTS) is 1. The first-order valence-corrected chi connectivity index (χ1v) is 11.3. The number of para-hydroxylation sites is 2. The molecule has 0 aliphatic carbocycles. The highest BCUT2D eigenvalue weighted by molar-refractivity contribution is 6.39. The number of nitrogens with one attached hydrogen (secondary N) is 1. The number of carboxylic acids is 1. The lowest BCUT2D eigenvalue weighted by molar-refractivity contribution is -0.200. The number of carbonyl (C=O) groups is 3. The molecule has 0 saturated carbocycles. The molecule has 8 rings (SSSR count). The van der Waals surface area contributed by atoms with Crippen molar-refractivity contribution in [2.45, 2.75) is 30.9 Å². The summed E-state index contributed by atoms with van der Waals surface area (Å²) in [5.41, 5.74) is -0.796. The van der Waals surface area contributed by atoms with Crippen molar-refractivity contribution in [1.82, 2.24) is 14.5 Å². The van der Waals surface area contributed by atoms with Crippen molar-refractivity contribution in [3.63, 3.8) is 0 Å². The summed E-state index contributed by atoms with van der Waals surface area (Å²) in [5.74, 6) is -2.35. The molecule has 2 aromatic heterocycles. The summed E-state index contributed by atoms with van der Waals surface area (Å²) in [6.07, 6.45) is -1.01. The number of hydrogen-bond acceptors (Lipinski definition) is 5. The van der Waals surface area contributed by atoms with Crippen LogP contribution in [0.3, 0.4) is 0 Å². The predicted octanol–water partition coefficient (Wildman–Crippen LogP) is 3.21. The normalized spacial score (nSPS) is 26.9. The number of aromatic nitrogens is 2. The third-order valence-electron chi connectivity index (χ3n) is 8.11. The van der Waals surface area contributed by atoms with Crippen molar-refractivity contribution in [2.24, 2.45) is 0 Å². The van der Waals surface area contributed by atoms with Crippen molar-refractivity contribution in [1.29, 1.82) is 0 Å². The zero-order chi connectivity index (χ0) is 24.0. The van der Waals surface area contributed by atoms with Crippen LogP contribution in [-0.2, 0) is 15.3 Å². The number of amides is 2. The van der Waals surface area contributed by atoms with E-state index in [4.69, 9.17) is 4.74 Å². The topological polar surface area (TPSA) is 123 Å². The molecular weight excluding hydrogens is 450 g/mol. The van der Waals surface area contributed by atoms with Gasteiger partial charge in [-0.1, -0.05) is 36.4 Å². The van der Waals surface area contributed by atoms with Gasteiger partial charge in [0.1, 0.15) is 6.23 Å². The van der Waals surface area contributed by atoms with Gasteiger partial charge >= 0.3 is 5.97 Å². The molecule has 0 radical (unpaired) electrons. The van der Waals surface area contributed by atoms with Gasteiger partial charge in [0.05, 0.1) is 33.2 Å². The highest BCUT2D eigenvalue weighted by Gasteiger charge is 2.65. The summed E-state index contributed by atoms with van der Waals surface area (Å²) in [4.78, 5) is 38.9. The molecule has 0 unspecified atom stereocenters. The molecule has 3 atom stereocenters. The minimum atomic E-state index is -2.25. The first-order chi connectivity index (χ1) is 16.8. The van der Waals surface area contributed by atoms with Crippen LogP contribution in [0.25, 0.3) is 43.6 Å². The first kappa shape index (κ1) is 19.1. The number of fused-ring (bicyclic) bond motifs is 13. The molecule has 35 heavy (non-hydrogen) atoms. The molecule has 3 aliphatic rings. The Hall–Kier alpha value is -4.21. The molecule has 3 aromatic carbocycles. The van der Waals surface area contributed by atoms with Gasteiger partial charge in [0, 0.05) is 28.0 Å². The summed E-state index contributed by atoms with van der Waals surface area (Å²) in [5, 5.41) is 26.9. The van der Waals surface area contributed by atoms with E-state index >= 15 is 0 Å². The molecule has 9 heteroatoms. The van der Waals surface area contributed by atoms with Crippen molar-refractivity contribution in [3.05, 3.63) is 59.7 Å². The second-order valence-corrected chi connectivity index (χ2v) is 9.65. The molecule has 3 aliphatic heterocycles. The van der Waals surface area contributed by atoms with Crippen molar-refractivity contribution < 1.29 is 29.3 Å². The Morgan fingerprint density at radius 2 is 1.54 bits per heavy atom. The molecule has 1 fully saturated rings. The molecule has 2 bridgehead atoms. The highest BCUT2D eigenvalue weighted by atomic mass is 16.6. The van der Waals surface area contributed by atoms with E-state index in [9.17, 15) is 24.6 Å². The van der Waals surface area contributed by atoms with Crippen LogP contribution in [0.1, 0.15) is 40.3 Å². The maximum Gasteiger partial charge on any atom is 0.341 e. The van der Waals surface area contributed by atoms with Crippen molar-refractivity contribution >= 4 is 61.4 Å². The summed E-state index contributed by atoms with van der Waals surface area (Å²) >= 11 is 0. The molecular formula is C26H17N3O6. The van der Waals surface area contributed by atoms with Crippen molar-refractivity contribution in [2.75, 3.05) is 0 Å². The standard InChI is InChI=1S/C26H17N3O6/c1-25-26(34,24(32)33)10-15(35-25)28-13-8-4-2-6-11(13)16-18-19(23(31)27-22(18)30)17-12-7-3-5-9-14(12)29(25)21(17)20(16)28/h2-9,15,34H,10H2,1H3,(H,32,33)(H,27,30,31)/t15-,25-,26+/m0/s1. The van der Waals surface area contributed by atoms with Gasteiger partial charge < -0.3 is 24.1 Å². The Labute approximate surface area is 196 Å².